The second-order valence-electron chi connectivity index (χ2n) is 7.81. The number of anilines is 2. The fourth-order valence-electron chi connectivity index (χ4n) is 4.03. The number of likely N-dealkylation sites (tertiary alicyclic amines) is 1. The van der Waals surface area contributed by atoms with Crippen molar-refractivity contribution in [3.8, 4) is 0 Å². The smallest absolute Gasteiger partial charge is 0.253 e. The second-order valence-corrected chi connectivity index (χ2v) is 9.71. The van der Waals surface area contributed by atoms with Crippen molar-refractivity contribution in [1.29, 1.82) is 0 Å². The number of rotatable bonds is 4. The molecule has 1 aromatic carbocycles. The van der Waals surface area contributed by atoms with Gasteiger partial charge >= 0.3 is 0 Å². The Morgan fingerprint density at radius 1 is 1.17 bits per heavy atom. The maximum Gasteiger partial charge on any atom is 0.253 e. The molecular formula is C20H24N4O5S. The van der Waals surface area contributed by atoms with Gasteiger partial charge in [-0.3, -0.25) is 13.9 Å². The molecule has 0 bridgehead atoms. The van der Waals surface area contributed by atoms with Gasteiger partial charge in [0.2, 0.25) is 15.9 Å². The maximum absolute atomic E-state index is 12.9. The van der Waals surface area contributed by atoms with E-state index < -0.39 is 10.0 Å². The monoisotopic (exact) mass is 432 g/mol. The molecule has 0 radical (unpaired) electrons. The third kappa shape index (κ3) is 4.04. The summed E-state index contributed by atoms with van der Waals surface area (Å²) < 4.78 is 30.1. The molecule has 0 saturated carbocycles. The molecule has 160 valence electrons. The van der Waals surface area contributed by atoms with E-state index in [1.54, 1.807) is 36.1 Å². The highest BCUT2D eigenvalue weighted by Gasteiger charge is 2.30. The first kappa shape index (κ1) is 20.4. The molecule has 0 atom stereocenters. The van der Waals surface area contributed by atoms with Gasteiger partial charge in [0.25, 0.3) is 5.91 Å². The number of nitrogens with zero attached hydrogens (tertiary/aromatic N) is 3. The number of hydrogen-bond acceptors (Lipinski definition) is 6. The van der Waals surface area contributed by atoms with Crippen molar-refractivity contribution in [2.75, 3.05) is 35.5 Å². The van der Waals surface area contributed by atoms with E-state index in [4.69, 9.17) is 4.52 Å². The van der Waals surface area contributed by atoms with Gasteiger partial charge in [-0.05, 0) is 49.9 Å². The molecule has 4 rings (SSSR count). The Hall–Kier alpha value is -2.88. The van der Waals surface area contributed by atoms with Gasteiger partial charge in [-0.2, -0.15) is 0 Å². The number of aryl methyl sites for hydroxylation is 1. The Bertz CT molecular complexity index is 1090. The number of aromatic nitrogens is 1. The number of piperidine rings is 1. The molecule has 1 saturated heterocycles. The molecule has 30 heavy (non-hydrogen) atoms. The fourth-order valence-corrected chi connectivity index (χ4v) is 4.99. The molecule has 1 aromatic heterocycles. The van der Waals surface area contributed by atoms with Crippen LogP contribution in [0.15, 0.2) is 28.8 Å². The molecule has 9 nitrogen and oxygen atoms in total. The standard InChI is InChI=1S/C20H24N4O5S/c1-13-11-18(22-29-13)21-19(25)14-5-8-23(9-6-14)20(26)16-3-4-17-15(12-16)7-10-24(17)30(2,27)28/h3-4,11-12,14H,5-10H2,1-2H3,(H,21,22,25). The first-order valence-corrected chi connectivity index (χ1v) is 11.7. The zero-order chi connectivity index (χ0) is 21.5. The molecule has 2 aliphatic rings. The Balaban J connectivity index is 1.37. The average Bonchev–Trinajstić information content (AvgIpc) is 3.32. The molecule has 2 aromatic rings. The van der Waals surface area contributed by atoms with Crippen molar-refractivity contribution in [2.45, 2.75) is 26.2 Å². The van der Waals surface area contributed by atoms with Gasteiger partial charge < -0.3 is 14.7 Å². The Morgan fingerprint density at radius 3 is 2.53 bits per heavy atom. The molecule has 2 aliphatic heterocycles. The predicted octanol–water partition coefficient (Wildman–Crippen LogP) is 1.80. The van der Waals surface area contributed by atoms with Gasteiger partial charge in [-0.15, -0.1) is 0 Å². The van der Waals surface area contributed by atoms with E-state index in [0.717, 1.165) is 5.56 Å². The number of benzene rings is 1. The van der Waals surface area contributed by atoms with Crippen LogP contribution < -0.4 is 9.62 Å². The van der Waals surface area contributed by atoms with Gasteiger partial charge in [-0.1, -0.05) is 5.16 Å². The van der Waals surface area contributed by atoms with Crippen LogP contribution in [0.3, 0.4) is 0 Å². The van der Waals surface area contributed by atoms with Crippen molar-refractivity contribution in [2.24, 2.45) is 5.92 Å². The van der Waals surface area contributed by atoms with Crippen LogP contribution in [-0.4, -0.2) is 56.2 Å². The fraction of sp³-hybridized carbons (Fsp3) is 0.450. The number of amides is 2. The third-order valence-corrected chi connectivity index (χ3v) is 6.79. The highest BCUT2D eigenvalue weighted by Crippen LogP contribution is 2.31. The number of sulfonamides is 1. The Morgan fingerprint density at radius 2 is 1.90 bits per heavy atom. The largest absolute Gasteiger partial charge is 0.360 e. The van der Waals surface area contributed by atoms with E-state index in [9.17, 15) is 18.0 Å². The van der Waals surface area contributed by atoms with Crippen LogP contribution in [0.25, 0.3) is 0 Å². The van der Waals surface area contributed by atoms with Crippen LogP contribution in [0.1, 0.15) is 34.5 Å². The molecule has 0 unspecified atom stereocenters. The minimum absolute atomic E-state index is 0.0958. The molecule has 2 amide bonds. The quantitative estimate of drug-likeness (QED) is 0.788. The van der Waals surface area contributed by atoms with Crippen LogP contribution in [0, 0.1) is 12.8 Å². The highest BCUT2D eigenvalue weighted by atomic mass is 32.2. The summed E-state index contributed by atoms with van der Waals surface area (Å²) in [5.74, 6) is 0.627. The summed E-state index contributed by atoms with van der Waals surface area (Å²) in [6, 6.07) is 6.83. The van der Waals surface area contributed by atoms with Gasteiger partial charge in [0, 0.05) is 37.2 Å². The molecule has 0 spiro atoms. The topological polar surface area (TPSA) is 113 Å². The van der Waals surface area contributed by atoms with E-state index in [1.165, 1.54) is 10.6 Å². The highest BCUT2D eigenvalue weighted by molar-refractivity contribution is 7.92. The van der Waals surface area contributed by atoms with E-state index in [-0.39, 0.29) is 17.7 Å². The van der Waals surface area contributed by atoms with Gasteiger partial charge in [-0.25, -0.2) is 8.42 Å². The van der Waals surface area contributed by atoms with Crippen LogP contribution in [0.4, 0.5) is 11.5 Å². The lowest BCUT2D eigenvalue weighted by molar-refractivity contribution is -0.121. The van der Waals surface area contributed by atoms with Crippen molar-refractivity contribution < 1.29 is 22.5 Å². The van der Waals surface area contributed by atoms with Gasteiger partial charge in [0.15, 0.2) is 5.82 Å². The molecule has 0 aliphatic carbocycles. The van der Waals surface area contributed by atoms with E-state index >= 15 is 0 Å². The minimum atomic E-state index is -3.32. The number of nitrogens with one attached hydrogen (secondary N) is 1. The van der Waals surface area contributed by atoms with E-state index in [1.807, 2.05) is 0 Å². The predicted molar refractivity (Wildman–Crippen MR) is 111 cm³/mol. The summed E-state index contributed by atoms with van der Waals surface area (Å²) >= 11 is 0. The molecule has 1 fully saturated rings. The third-order valence-electron chi connectivity index (χ3n) is 5.61. The van der Waals surface area contributed by atoms with Gasteiger partial charge in [0.1, 0.15) is 5.76 Å². The minimum Gasteiger partial charge on any atom is -0.360 e. The van der Waals surface area contributed by atoms with Crippen LogP contribution in [-0.2, 0) is 21.2 Å². The molecule has 1 N–H and O–H groups in total. The lowest BCUT2D eigenvalue weighted by Gasteiger charge is -2.31. The van der Waals surface area contributed by atoms with Crippen molar-refractivity contribution in [1.82, 2.24) is 10.1 Å². The number of hydrogen-bond donors (Lipinski definition) is 1. The average molecular weight is 433 g/mol. The van der Waals surface area contributed by atoms with E-state index in [2.05, 4.69) is 10.5 Å². The van der Waals surface area contributed by atoms with Crippen molar-refractivity contribution in [3.05, 3.63) is 41.2 Å². The van der Waals surface area contributed by atoms with Crippen molar-refractivity contribution >= 4 is 33.3 Å². The van der Waals surface area contributed by atoms with Crippen molar-refractivity contribution in [3.63, 3.8) is 0 Å². The Kier molecular flexibility index (Phi) is 5.27. The van der Waals surface area contributed by atoms with Gasteiger partial charge in [0.05, 0.1) is 11.9 Å². The lowest BCUT2D eigenvalue weighted by atomic mass is 9.95. The Labute approximate surface area is 175 Å². The molecule has 10 heteroatoms. The number of carbonyl (C=O) groups excluding carboxylic acids is 2. The SMILES string of the molecule is Cc1cc(NC(=O)C2CCN(C(=O)c3ccc4c(c3)CCN4S(C)(=O)=O)CC2)no1. The van der Waals surface area contributed by atoms with E-state index in [0.29, 0.717) is 61.7 Å². The summed E-state index contributed by atoms with van der Waals surface area (Å²) in [5, 5.41) is 6.52. The molecular weight excluding hydrogens is 408 g/mol. The summed E-state index contributed by atoms with van der Waals surface area (Å²) in [6.45, 7) is 3.13. The lowest BCUT2D eigenvalue weighted by Crippen LogP contribution is -2.41. The van der Waals surface area contributed by atoms with Crippen LogP contribution in [0.2, 0.25) is 0 Å². The maximum atomic E-state index is 12.9. The number of carbonyl (C=O) groups is 2. The van der Waals surface area contributed by atoms with Crippen LogP contribution >= 0.6 is 0 Å². The normalized spacial score (nSPS) is 17.1. The zero-order valence-corrected chi connectivity index (χ0v) is 17.7. The summed E-state index contributed by atoms with van der Waals surface area (Å²) in [4.78, 5) is 27.1. The number of fused-ring (bicyclic) bond motifs is 1. The summed E-state index contributed by atoms with van der Waals surface area (Å²) in [5.41, 5.74) is 2.06. The zero-order valence-electron chi connectivity index (χ0n) is 16.9. The van der Waals surface area contributed by atoms with Crippen LogP contribution in [0.5, 0.6) is 0 Å². The second kappa shape index (κ2) is 7.75. The summed E-state index contributed by atoms with van der Waals surface area (Å²) in [6.07, 6.45) is 2.92. The summed E-state index contributed by atoms with van der Waals surface area (Å²) in [7, 11) is -3.32. The first-order chi connectivity index (χ1) is 14.2. The molecule has 3 heterocycles. The first-order valence-electron chi connectivity index (χ1n) is 9.86.